The van der Waals surface area contributed by atoms with Crippen LogP contribution >= 0.6 is 0 Å². The van der Waals surface area contributed by atoms with Gasteiger partial charge < -0.3 is 9.72 Å². The number of fused-ring (bicyclic) bond motifs is 3. The number of aromatic nitrogens is 1. The number of hydrogen-bond acceptors (Lipinski definition) is 3. The summed E-state index contributed by atoms with van der Waals surface area (Å²) in [6, 6.07) is 13.5. The molecule has 112 valence electrons. The molecule has 2 heterocycles. The molecule has 0 atom stereocenters. The Balaban J connectivity index is 1.77. The highest BCUT2D eigenvalue weighted by molar-refractivity contribution is 6.08. The molecule has 0 bridgehead atoms. The summed E-state index contributed by atoms with van der Waals surface area (Å²) in [6.45, 7) is 3.98. The number of ether oxygens (including phenoxy) is 1. The van der Waals surface area contributed by atoms with E-state index in [1.54, 1.807) is 0 Å². The number of benzene rings is 2. The third kappa shape index (κ3) is 2.25. The van der Waals surface area contributed by atoms with Gasteiger partial charge in [-0.05, 0) is 37.7 Å². The normalized spacial score (nSPS) is 15.1. The van der Waals surface area contributed by atoms with Crippen molar-refractivity contribution in [3.8, 4) is 5.75 Å². The molecule has 0 spiro atoms. The summed E-state index contributed by atoms with van der Waals surface area (Å²) >= 11 is 0. The van der Waals surface area contributed by atoms with Crippen molar-refractivity contribution in [1.29, 1.82) is 0 Å². The highest BCUT2D eigenvalue weighted by atomic mass is 16.5. The van der Waals surface area contributed by atoms with Gasteiger partial charge in [-0.15, -0.1) is 0 Å². The second-order valence-electron chi connectivity index (χ2n) is 5.72. The topological polar surface area (TPSA) is 45.3 Å². The molecule has 4 rings (SSSR count). The van der Waals surface area contributed by atoms with Crippen molar-refractivity contribution in [2.75, 3.05) is 26.2 Å². The Bertz CT molecular complexity index is 881. The number of nitrogens with one attached hydrogen (secondary N) is 1. The number of hydrogen-bond donors (Lipinski definition) is 1. The van der Waals surface area contributed by atoms with Gasteiger partial charge in [0.1, 0.15) is 12.4 Å². The van der Waals surface area contributed by atoms with E-state index in [2.05, 4.69) is 9.88 Å². The summed E-state index contributed by atoms with van der Waals surface area (Å²) in [5.74, 6) is 0.838. The van der Waals surface area contributed by atoms with E-state index in [9.17, 15) is 4.79 Å². The molecule has 0 radical (unpaired) electrons. The number of pyridine rings is 1. The Hall–Kier alpha value is -2.33. The molecule has 1 N–H and O–H groups in total. The van der Waals surface area contributed by atoms with Gasteiger partial charge in [-0.1, -0.05) is 24.3 Å². The Morgan fingerprint density at radius 2 is 1.86 bits per heavy atom. The smallest absolute Gasteiger partial charge is 0.256 e. The predicted molar refractivity (Wildman–Crippen MR) is 88.6 cm³/mol. The van der Waals surface area contributed by atoms with E-state index in [0.29, 0.717) is 12.0 Å². The minimum Gasteiger partial charge on any atom is -0.492 e. The zero-order valence-corrected chi connectivity index (χ0v) is 12.3. The van der Waals surface area contributed by atoms with E-state index in [-0.39, 0.29) is 5.56 Å². The summed E-state index contributed by atoms with van der Waals surface area (Å²) in [4.78, 5) is 17.5. The minimum absolute atomic E-state index is 0.0548. The number of aromatic amines is 1. The van der Waals surface area contributed by atoms with Crippen molar-refractivity contribution >= 4 is 21.7 Å². The maximum atomic E-state index is 12.2. The Kier molecular flexibility index (Phi) is 3.31. The summed E-state index contributed by atoms with van der Waals surface area (Å²) in [5.41, 5.74) is 0.769. The van der Waals surface area contributed by atoms with Gasteiger partial charge >= 0.3 is 0 Å². The molecule has 0 aliphatic carbocycles. The van der Waals surface area contributed by atoms with Gasteiger partial charge in [0.15, 0.2) is 0 Å². The SMILES string of the molecule is O=c1[nH]c2cccc(OCCN3CCC3)c2c2ccccc12. The molecule has 4 nitrogen and oxygen atoms in total. The zero-order chi connectivity index (χ0) is 14.9. The van der Waals surface area contributed by atoms with Gasteiger partial charge in [-0.2, -0.15) is 0 Å². The van der Waals surface area contributed by atoms with Gasteiger partial charge in [-0.3, -0.25) is 9.69 Å². The fourth-order valence-corrected chi connectivity index (χ4v) is 3.01. The average Bonchev–Trinajstić information content (AvgIpc) is 2.50. The van der Waals surface area contributed by atoms with Crippen molar-refractivity contribution in [2.24, 2.45) is 0 Å². The summed E-state index contributed by atoms with van der Waals surface area (Å²) in [6.07, 6.45) is 1.29. The van der Waals surface area contributed by atoms with Crippen LogP contribution in [0.5, 0.6) is 5.75 Å². The number of likely N-dealkylation sites (tertiary alicyclic amines) is 1. The van der Waals surface area contributed by atoms with Crippen LogP contribution in [0.4, 0.5) is 0 Å². The fraction of sp³-hybridized carbons (Fsp3) is 0.278. The van der Waals surface area contributed by atoms with Gasteiger partial charge in [0.2, 0.25) is 0 Å². The van der Waals surface area contributed by atoms with Crippen molar-refractivity contribution in [3.63, 3.8) is 0 Å². The van der Waals surface area contributed by atoms with Gasteiger partial charge in [0.25, 0.3) is 5.56 Å². The molecular formula is C18H18N2O2. The molecule has 1 fully saturated rings. The highest BCUT2D eigenvalue weighted by Gasteiger charge is 2.14. The molecule has 1 aliphatic rings. The van der Waals surface area contributed by atoms with Crippen LogP contribution in [0.15, 0.2) is 47.3 Å². The van der Waals surface area contributed by atoms with Crippen LogP contribution in [0.2, 0.25) is 0 Å². The van der Waals surface area contributed by atoms with E-state index < -0.39 is 0 Å². The quantitative estimate of drug-likeness (QED) is 0.753. The van der Waals surface area contributed by atoms with Crippen LogP contribution < -0.4 is 10.3 Å². The Morgan fingerprint density at radius 3 is 2.64 bits per heavy atom. The first kappa shape index (κ1) is 13.3. The van der Waals surface area contributed by atoms with E-state index in [1.165, 1.54) is 19.5 Å². The van der Waals surface area contributed by atoms with E-state index in [0.717, 1.165) is 28.6 Å². The first-order valence-electron chi connectivity index (χ1n) is 7.72. The maximum Gasteiger partial charge on any atom is 0.256 e. The third-order valence-electron chi connectivity index (χ3n) is 4.33. The van der Waals surface area contributed by atoms with Crippen molar-refractivity contribution in [1.82, 2.24) is 9.88 Å². The molecule has 4 heteroatoms. The lowest BCUT2D eigenvalue weighted by Gasteiger charge is -2.30. The van der Waals surface area contributed by atoms with E-state index >= 15 is 0 Å². The Labute approximate surface area is 128 Å². The molecule has 1 aliphatic heterocycles. The van der Waals surface area contributed by atoms with Crippen molar-refractivity contribution < 1.29 is 4.74 Å². The fourth-order valence-electron chi connectivity index (χ4n) is 3.01. The molecule has 1 saturated heterocycles. The number of nitrogens with zero attached hydrogens (tertiary/aromatic N) is 1. The first-order valence-corrected chi connectivity index (χ1v) is 7.72. The second-order valence-corrected chi connectivity index (χ2v) is 5.72. The zero-order valence-electron chi connectivity index (χ0n) is 12.3. The second kappa shape index (κ2) is 5.46. The van der Waals surface area contributed by atoms with Gasteiger partial charge in [0, 0.05) is 22.7 Å². The van der Waals surface area contributed by atoms with Crippen LogP contribution in [-0.4, -0.2) is 36.1 Å². The highest BCUT2D eigenvalue weighted by Crippen LogP contribution is 2.30. The monoisotopic (exact) mass is 294 g/mol. The summed E-state index contributed by atoms with van der Waals surface area (Å²) in [5, 5.41) is 2.64. The first-order chi connectivity index (χ1) is 10.8. The largest absolute Gasteiger partial charge is 0.492 e. The maximum absolute atomic E-state index is 12.2. The van der Waals surface area contributed by atoms with Crippen LogP contribution in [0.25, 0.3) is 21.7 Å². The van der Waals surface area contributed by atoms with Crippen LogP contribution in [0, 0.1) is 0 Å². The average molecular weight is 294 g/mol. The molecule has 0 saturated carbocycles. The summed E-state index contributed by atoms with van der Waals surface area (Å²) < 4.78 is 6.01. The van der Waals surface area contributed by atoms with Gasteiger partial charge in [0.05, 0.1) is 5.52 Å². The molecule has 0 unspecified atom stereocenters. The van der Waals surface area contributed by atoms with E-state index in [1.807, 2.05) is 42.5 Å². The molecular weight excluding hydrogens is 276 g/mol. The lowest BCUT2D eigenvalue weighted by molar-refractivity contribution is 0.147. The molecule has 3 aromatic rings. The lowest BCUT2D eigenvalue weighted by atomic mass is 10.1. The van der Waals surface area contributed by atoms with Gasteiger partial charge in [-0.25, -0.2) is 0 Å². The number of rotatable bonds is 4. The van der Waals surface area contributed by atoms with Crippen LogP contribution in [-0.2, 0) is 0 Å². The van der Waals surface area contributed by atoms with Crippen LogP contribution in [0.1, 0.15) is 6.42 Å². The van der Waals surface area contributed by atoms with E-state index in [4.69, 9.17) is 4.74 Å². The minimum atomic E-state index is -0.0548. The molecule has 0 amide bonds. The van der Waals surface area contributed by atoms with Crippen molar-refractivity contribution in [2.45, 2.75) is 6.42 Å². The number of H-pyrrole nitrogens is 1. The predicted octanol–water partition coefficient (Wildman–Crippen LogP) is 2.77. The molecule has 1 aromatic heterocycles. The molecule has 22 heavy (non-hydrogen) atoms. The van der Waals surface area contributed by atoms with Crippen molar-refractivity contribution in [3.05, 3.63) is 52.8 Å². The Morgan fingerprint density at radius 1 is 1.05 bits per heavy atom. The standard InChI is InChI=1S/C18H18N2O2/c21-18-14-6-2-1-5-13(14)17-15(19-18)7-3-8-16(17)22-12-11-20-9-4-10-20/h1-3,5-8H,4,9-12H2,(H,19,21). The lowest BCUT2D eigenvalue weighted by Crippen LogP contribution is -2.39. The van der Waals surface area contributed by atoms with Crippen LogP contribution in [0.3, 0.4) is 0 Å². The summed E-state index contributed by atoms with van der Waals surface area (Å²) in [7, 11) is 0. The molecule has 2 aromatic carbocycles. The third-order valence-corrected chi connectivity index (χ3v) is 4.33.